The molecule has 0 aliphatic carbocycles. The SMILES string of the molecule is O=C(NCC1CCCCN1)NCC1CCCCS1. The molecule has 2 atom stereocenters. The first-order valence-corrected chi connectivity index (χ1v) is 8.26. The van der Waals surface area contributed by atoms with Gasteiger partial charge in [-0.3, -0.25) is 0 Å². The second-order valence-electron chi connectivity index (χ2n) is 5.23. The fourth-order valence-electron chi connectivity index (χ4n) is 2.55. The molecule has 5 heteroatoms. The van der Waals surface area contributed by atoms with E-state index in [1.165, 1.54) is 44.3 Å². The first-order valence-electron chi connectivity index (χ1n) is 7.21. The standard InChI is InChI=1S/C13H25N3OS/c17-13(15-9-11-5-1-3-7-14-11)16-10-12-6-2-4-8-18-12/h11-12,14H,1-10H2,(H2,15,16,17). The maximum atomic E-state index is 11.7. The highest BCUT2D eigenvalue weighted by molar-refractivity contribution is 7.99. The van der Waals surface area contributed by atoms with Gasteiger partial charge in [-0.05, 0) is 38.0 Å². The second-order valence-corrected chi connectivity index (χ2v) is 6.63. The molecule has 4 nitrogen and oxygen atoms in total. The van der Waals surface area contributed by atoms with Crippen molar-refractivity contribution in [1.29, 1.82) is 0 Å². The summed E-state index contributed by atoms with van der Waals surface area (Å²) >= 11 is 2.00. The van der Waals surface area contributed by atoms with Crippen molar-refractivity contribution in [2.75, 3.05) is 25.4 Å². The molecule has 0 aromatic heterocycles. The van der Waals surface area contributed by atoms with Crippen molar-refractivity contribution in [3.8, 4) is 0 Å². The monoisotopic (exact) mass is 271 g/mol. The van der Waals surface area contributed by atoms with E-state index in [-0.39, 0.29) is 6.03 Å². The molecule has 2 rings (SSSR count). The Bertz CT molecular complexity index is 227. The Kier molecular flexibility index (Phi) is 6.14. The van der Waals surface area contributed by atoms with E-state index >= 15 is 0 Å². The average molecular weight is 271 g/mol. The third-order valence-corrected chi connectivity index (χ3v) is 5.08. The van der Waals surface area contributed by atoms with Crippen LogP contribution in [0.2, 0.25) is 0 Å². The topological polar surface area (TPSA) is 53.2 Å². The first kappa shape index (κ1) is 14.0. The van der Waals surface area contributed by atoms with Crippen LogP contribution in [0, 0.1) is 0 Å². The Morgan fingerprint density at radius 3 is 2.67 bits per heavy atom. The molecule has 104 valence electrons. The van der Waals surface area contributed by atoms with E-state index < -0.39 is 0 Å². The van der Waals surface area contributed by atoms with Gasteiger partial charge in [-0.1, -0.05) is 12.8 Å². The summed E-state index contributed by atoms with van der Waals surface area (Å²) in [6.07, 6.45) is 7.61. The zero-order valence-corrected chi connectivity index (χ0v) is 11.9. The van der Waals surface area contributed by atoms with E-state index in [2.05, 4.69) is 16.0 Å². The third-order valence-electron chi connectivity index (χ3n) is 3.69. The lowest BCUT2D eigenvalue weighted by Gasteiger charge is -2.24. The Hall–Kier alpha value is -0.420. The van der Waals surface area contributed by atoms with Gasteiger partial charge in [0.15, 0.2) is 0 Å². The lowest BCUT2D eigenvalue weighted by molar-refractivity contribution is 0.238. The minimum atomic E-state index is -0.00598. The van der Waals surface area contributed by atoms with Gasteiger partial charge in [-0.15, -0.1) is 0 Å². The summed E-state index contributed by atoms with van der Waals surface area (Å²) in [4.78, 5) is 11.7. The summed E-state index contributed by atoms with van der Waals surface area (Å²) in [5.41, 5.74) is 0. The molecule has 2 fully saturated rings. The van der Waals surface area contributed by atoms with Crippen molar-refractivity contribution < 1.29 is 4.79 Å². The van der Waals surface area contributed by atoms with Crippen molar-refractivity contribution in [2.24, 2.45) is 0 Å². The number of hydrogen-bond donors (Lipinski definition) is 3. The molecule has 0 aromatic rings. The Morgan fingerprint density at radius 1 is 1.11 bits per heavy atom. The number of rotatable bonds is 4. The summed E-state index contributed by atoms with van der Waals surface area (Å²) in [6, 6.07) is 0.460. The zero-order chi connectivity index (χ0) is 12.6. The lowest BCUT2D eigenvalue weighted by atomic mass is 10.1. The van der Waals surface area contributed by atoms with Crippen LogP contribution in [-0.2, 0) is 0 Å². The van der Waals surface area contributed by atoms with Gasteiger partial charge in [-0.2, -0.15) is 11.8 Å². The Balaban J connectivity index is 1.54. The van der Waals surface area contributed by atoms with Gasteiger partial charge in [0.05, 0.1) is 0 Å². The largest absolute Gasteiger partial charge is 0.337 e. The van der Waals surface area contributed by atoms with Crippen LogP contribution in [0.25, 0.3) is 0 Å². The molecular formula is C13H25N3OS. The van der Waals surface area contributed by atoms with Crippen molar-refractivity contribution in [1.82, 2.24) is 16.0 Å². The van der Waals surface area contributed by atoms with Gasteiger partial charge in [0.25, 0.3) is 0 Å². The van der Waals surface area contributed by atoms with E-state index in [1.54, 1.807) is 0 Å². The van der Waals surface area contributed by atoms with E-state index in [0.717, 1.165) is 19.6 Å². The molecule has 0 bridgehead atoms. The molecule has 0 radical (unpaired) electrons. The maximum absolute atomic E-state index is 11.7. The predicted molar refractivity (Wildman–Crippen MR) is 77.1 cm³/mol. The van der Waals surface area contributed by atoms with E-state index in [9.17, 15) is 4.79 Å². The molecule has 2 saturated heterocycles. The van der Waals surface area contributed by atoms with Crippen LogP contribution in [0.3, 0.4) is 0 Å². The lowest BCUT2D eigenvalue weighted by Crippen LogP contribution is -2.47. The molecule has 0 aromatic carbocycles. The van der Waals surface area contributed by atoms with Gasteiger partial charge in [-0.25, -0.2) is 4.79 Å². The summed E-state index contributed by atoms with van der Waals surface area (Å²) in [5, 5.41) is 10.0. The number of urea groups is 1. The fourth-order valence-corrected chi connectivity index (χ4v) is 3.79. The van der Waals surface area contributed by atoms with Crippen LogP contribution in [0.4, 0.5) is 4.79 Å². The number of carbonyl (C=O) groups is 1. The molecule has 2 amide bonds. The van der Waals surface area contributed by atoms with Gasteiger partial charge >= 0.3 is 6.03 Å². The van der Waals surface area contributed by atoms with Crippen molar-refractivity contribution in [2.45, 2.75) is 49.8 Å². The number of nitrogens with one attached hydrogen (secondary N) is 3. The van der Waals surface area contributed by atoms with Gasteiger partial charge < -0.3 is 16.0 Å². The van der Waals surface area contributed by atoms with Crippen molar-refractivity contribution >= 4 is 17.8 Å². The summed E-state index contributed by atoms with van der Waals surface area (Å²) < 4.78 is 0. The molecule has 0 saturated carbocycles. The van der Waals surface area contributed by atoms with E-state index in [1.807, 2.05) is 11.8 Å². The first-order chi connectivity index (χ1) is 8.84. The van der Waals surface area contributed by atoms with Crippen LogP contribution in [0.15, 0.2) is 0 Å². The van der Waals surface area contributed by atoms with E-state index in [0.29, 0.717) is 11.3 Å². The number of amides is 2. The molecular weight excluding hydrogens is 246 g/mol. The summed E-state index contributed by atoms with van der Waals surface area (Å²) in [7, 11) is 0. The minimum absolute atomic E-state index is 0.00598. The van der Waals surface area contributed by atoms with Crippen molar-refractivity contribution in [3.05, 3.63) is 0 Å². The van der Waals surface area contributed by atoms with Gasteiger partial charge in [0.2, 0.25) is 0 Å². The normalized spacial score (nSPS) is 28.7. The predicted octanol–water partition coefficient (Wildman–Crippen LogP) is 1.71. The molecule has 3 N–H and O–H groups in total. The number of carbonyl (C=O) groups excluding carboxylic acids is 1. The summed E-state index contributed by atoms with van der Waals surface area (Å²) in [6.45, 7) is 2.66. The number of piperidine rings is 1. The van der Waals surface area contributed by atoms with Crippen LogP contribution >= 0.6 is 11.8 Å². The quantitative estimate of drug-likeness (QED) is 0.730. The molecule has 2 heterocycles. The van der Waals surface area contributed by atoms with Crippen LogP contribution in [-0.4, -0.2) is 42.7 Å². The van der Waals surface area contributed by atoms with E-state index in [4.69, 9.17) is 0 Å². The van der Waals surface area contributed by atoms with Crippen LogP contribution in [0.5, 0.6) is 0 Å². The fraction of sp³-hybridized carbons (Fsp3) is 0.923. The third kappa shape index (κ3) is 5.06. The summed E-state index contributed by atoms with van der Waals surface area (Å²) in [5.74, 6) is 1.25. The zero-order valence-electron chi connectivity index (χ0n) is 11.0. The average Bonchev–Trinajstić information content (AvgIpc) is 2.45. The molecule has 2 aliphatic rings. The molecule has 2 aliphatic heterocycles. The highest BCUT2D eigenvalue weighted by atomic mass is 32.2. The smallest absolute Gasteiger partial charge is 0.314 e. The highest BCUT2D eigenvalue weighted by Crippen LogP contribution is 2.24. The highest BCUT2D eigenvalue weighted by Gasteiger charge is 2.16. The second kappa shape index (κ2) is 7.89. The minimum Gasteiger partial charge on any atom is -0.337 e. The van der Waals surface area contributed by atoms with Gasteiger partial charge in [0.1, 0.15) is 0 Å². The van der Waals surface area contributed by atoms with Crippen LogP contribution < -0.4 is 16.0 Å². The van der Waals surface area contributed by atoms with Gasteiger partial charge in [0, 0.05) is 24.4 Å². The van der Waals surface area contributed by atoms with Crippen LogP contribution in [0.1, 0.15) is 38.5 Å². The maximum Gasteiger partial charge on any atom is 0.314 e. The Morgan fingerprint density at radius 2 is 1.94 bits per heavy atom. The molecule has 18 heavy (non-hydrogen) atoms. The van der Waals surface area contributed by atoms with Crippen molar-refractivity contribution in [3.63, 3.8) is 0 Å². The molecule has 2 unspecified atom stereocenters. The number of hydrogen-bond acceptors (Lipinski definition) is 3. The number of thioether (sulfide) groups is 1. The molecule has 0 spiro atoms. The Labute approximate surface area is 114 Å².